The standard InChI is InChI=1S/C14H20O5S/c1-14(2)18-9-12(19-14)10-20(16,17)13-5-3-11(4-6-13)7-8-15/h3-6,12,15H,7-10H2,1-2H3. The van der Waals surface area contributed by atoms with Crippen LogP contribution in [0.4, 0.5) is 0 Å². The van der Waals surface area contributed by atoms with Gasteiger partial charge in [0.25, 0.3) is 0 Å². The maximum Gasteiger partial charge on any atom is 0.181 e. The van der Waals surface area contributed by atoms with Crippen LogP contribution in [0.25, 0.3) is 0 Å². The van der Waals surface area contributed by atoms with Crippen molar-refractivity contribution >= 4 is 9.84 Å². The Morgan fingerprint density at radius 3 is 2.45 bits per heavy atom. The van der Waals surface area contributed by atoms with Gasteiger partial charge in [-0.05, 0) is 38.0 Å². The fourth-order valence-corrected chi connectivity index (χ4v) is 3.58. The number of ether oxygens (including phenoxy) is 2. The molecule has 20 heavy (non-hydrogen) atoms. The molecule has 0 spiro atoms. The van der Waals surface area contributed by atoms with Crippen LogP contribution in [0.2, 0.25) is 0 Å². The Morgan fingerprint density at radius 1 is 1.30 bits per heavy atom. The maximum absolute atomic E-state index is 12.3. The average molecular weight is 300 g/mol. The highest BCUT2D eigenvalue weighted by Gasteiger charge is 2.35. The van der Waals surface area contributed by atoms with Crippen molar-refractivity contribution in [2.75, 3.05) is 19.0 Å². The molecular formula is C14H20O5S. The number of aliphatic hydroxyl groups is 1. The van der Waals surface area contributed by atoms with E-state index in [1.54, 1.807) is 38.1 Å². The lowest BCUT2D eigenvalue weighted by molar-refractivity contribution is -0.135. The Morgan fingerprint density at radius 2 is 1.95 bits per heavy atom. The molecule has 1 heterocycles. The molecule has 2 rings (SSSR count). The first-order chi connectivity index (χ1) is 9.32. The number of aliphatic hydroxyl groups excluding tert-OH is 1. The molecule has 0 bridgehead atoms. The molecular weight excluding hydrogens is 280 g/mol. The molecule has 1 unspecified atom stereocenters. The van der Waals surface area contributed by atoms with Gasteiger partial charge >= 0.3 is 0 Å². The summed E-state index contributed by atoms with van der Waals surface area (Å²) in [5.41, 5.74) is 0.910. The van der Waals surface area contributed by atoms with Gasteiger partial charge in [0.2, 0.25) is 0 Å². The van der Waals surface area contributed by atoms with Gasteiger partial charge in [0.15, 0.2) is 15.6 Å². The van der Waals surface area contributed by atoms with Crippen molar-refractivity contribution in [3.63, 3.8) is 0 Å². The molecule has 1 N–H and O–H groups in total. The second-order valence-electron chi connectivity index (χ2n) is 5.35. The molecule has 5 nitrogen and oxygen atoms in total. The summed E-state index contributed by atoms with van der Waals surface area (Å²) in [4.78, 5) is 0.271. The van der Waals surface area contributed by atoms with Gasteiger partial charge in [0.1, 0.15) is 0 Å². The minimum atomic E-state index is -3.39. The van der Waals surface area contributed by atoms with Gasteiger partial charge in [-0.3, -0.25) is 0 Å². The largest absolute Gasteiger partial charge is 0.396 e. The minimum absolute atomic E-state index is 0.0500. The van der Waals surface area contributed by atoms with Crippen molar-refractivity contribution in [3.8, 4) is 0 Å². The number of benzene rings is 1. The first kappa shape index (κ1) is 15.4. The van der Waals surface area contributed by atoms with Gasteiger partial charge in [-0.15, -0.1) is 0 Å². The van der Waals surface area contributed by atoms with Gasteiger partial charge in [0.05, 0.1) is 23.4 Å². The lowest BCUT2D eigenvalue weighted by Crippen LogP contribution is -2.26. The predicted molar refractivity (Wildman–Crippen MR) is 74.2 cm³/mol. The van der Waals surface area contributed by atoms with E-state index in [1.165, 1.54) is 0 Å². The van der Waals surface area contributed by atoms with E-state index in [2.05, 4.69) is 0 Å². The normalized spacial score (nSPS) is 22.1. The van der Waals surface area contributed by atoms with Crippen molar-refractivity contribution in [2.45, 2.75) is 37.1 Å². The maximum atomic E-state index is 12.3. The highest BCUT2D eigenvalue weighted by molar-refractivity contribution is 7.91. The Kier molecular flexibility index (Phi) is 4.49. The number of hydrogen-bond donors (Lipinski definition) is 1. The molecule has 1 saturated heterocycles. The molecule has 0 amide bonds. The van der Waals surface area contributed by atoms with E-state index < -0.39 is 21.7 Å². The van der Waals surface area contributed by atoms with Crippen LogP contribution in [0.5, 0.6) is 0 Å². The Hall–Kier alpha value is -0.950. The highest BCUT2D eigenvalue weighted by Crippen LogP contribution is 2.25. The molecule has 0 aliphatic carbocycles. The highest BCUT2D eigenvalue weighted by atomic mass is 32.2. The quantitative estimate of drug-likeness (QED) is 0.883. The van der Waals surface area contributed by atoms with E-state index >= 15 is 0 Å². The zero-order valence-corrected chi connectivity index (χ0v) is 12.5. The van der Waals surface area contributed by atoms with Crippen molar-refractivity contribution < 1.29 is 23.0 Å². The first-order valence-electron chi connectivity index (χ1n) is 6.57. The van der Waals surface area contributed by atoms with Gasteiger partial charge in [-0.25, -0.2) is 8.42 Å². The topological polar surface area (TPSA) is 72.8 Å². The van der Waals surface area contributed by atoms with Gasteiger partial charge in [-0.2, -0.15) is 0 Å². The van der Waals surface area contributed by atoms with Crippen molar-refractivity contribution in [1.82, 2.24) is 0 Å². The fourth-order valence-electron chi connectivity index (χ4n) is 2.18. The molecule has 1 atom stereocenters. The van der Waals surface area contributed by atoms with E-state index in [1.807, 2.05) is 0 Å². The molecule has 112 valence electrons. The van der Waals surface area contributed by atoms with Crippen molar-refractivity contribution in [2.24, 2.45) is 0 Å². The zero-order valence-electron chi connectivity index (χ0n) is 11.7. The molecule has 1 aliphatic heterocycles. The Balaban J connectivity index is 2.07. The summed E-state index contributed by atoms with van der Waals surface area (Å²) < 4.78 is 35.5. The third-order valence-corrected chi connectivity index (χ3v) is 4.96. The second kappa shape index (κ2) is 5.81. The molecule has 0 radical (unpaired) electrons. The fraction of sp³-hybridized carbons (Fsp3) is 0.571. The summed E-state index contributed by atoms with van der Waals surface area (Å²) in [6.45, 7) is 3.87. The number of rotatable bonds is 5. The summed E-state index contributed by atoms with van der Waals surface area (Å²) in [6.07, 6.45) is 0.0841. The summed E-state index contributed by atoms with van der Waals surface area (Å²) >= 11 is 0. The molecule has 1 fully saturated rings. The number of sulfone groups is 1. The minimum Gasteiger partial charge on any atom is -0.396 e. The summed E-state index contributed by atoms with van der Waals surface area (Å²) in [5, 5.41) is 8.84. The zero-order chi connectivity index (χ0) is 14.8. The van der Waals surface area contributed by atoms with Gasteiger partial charge in [0, 0.05) is 6.61 Å². The van der Waals surface area contributed by atoms with E-state index in [0.29, 0.717) is 6.42 Å². The second-order valence-corrected chi connectivity index (χ2v) is 7.38. The van der Waals surface area contributed by atoms with E-state index in [9.17, 15) is 8.42 Å². The van der Waals surface area contributed by atoms with Crippen LogP contribution < -0.4 is 0 Å². The molecule has 6 heteroatoms. The van der Waals surface area contributed by atoms with E-state index in [0.717, 1.165) is 5.56 Å². The van der Waals surface area contributed by atoms with Crippen LogP contribution in [0, 0.1) is 0 Å². The summed E-state index contributed by atoms with van der Waals surface area (Å²) in [5.74, 6) is -0.805. The Labute approximate surface area is 119 Å². The van der Waals surface area contributed by atoms with E-state index in [4.69, 9.17) is 14.6 Å². The van der Waals surface area contributed by atoms with Gasteiger partial charge in [-0.1, -0.05) is 12.1 Å². The lowest BCUT2D eigenvalue weighted by Gasteiger charge is -2.17. The van der Waals surface area contributed by atoms with Gasteiger partial charge < -0.3 is 14.6 Å². The van der Waals surface area contributed by atoms with Crippen LogP contribution in [-0.2, 0) is 25.7 Å². The summed E-state index contributed by atoms with van der Waals surface area (Å²) in [6, 6.07) is 6.58. The number of hydrogen-bond acceptors (Lipinski definition) is 5. The molecule has 1 aromatic rings. The van der Waals surface area contributed by atoms with Crippen LogP contribution in [0.1, 0.15) is 19.4 Å². The van der Waals surface area contributed by atoms with E-state index in [-0.39, 0.29) is 23.9 Å². The summed E-state index contributed by atoms with van der Waals surface area (Å²) in [7, 11) is -3.39. The molecule has 0 saturated carbocycles. The SMILES string of the molecule is CC1(C)OCC(CS(=O)(=O)c2ccc(CCO)cc2)O1. The molecule has 1 aliphatic rings. The third kappa shape index (κ3) is 3.79. The monoisotopic (exact) mass is 300 g/mol. The molecule has 0 aromatic heterocycles. The van der Waals surface area contributed by atoms with Crippen LogP contribution in [0.15, 0.2) is 29.2 Å². The third-order valence-electron chi connectivity index (χ3n) is 3.16. The first-order valence-corrected chi connectivity index (χ1v) is 8.22. The van der Waals surface area contributed by atoms with Crippen LogP contribution in [-0.4, -0.2) is 44.4 Å². The van der Waals surface area contributed by atoms with Crippen LogP contribution >= 0.6 is 0 Å². The Bertz CT molecular complexity index is 547. The average Bonchev–Trinajstić information content (AvgIpc) is 2.69. The lowest BCUT2D eigenvalue weighted by atomic mass is 10.2. The smallest absolute Gasteiger partial charge is 0.181 e. The molecule has 1 aromatic carbocycles. The van der Waals surface area contributed by atoms with Crippen molar-refractivity contribution in [3.05, 3.63) is 29.8 Å². The predicted octanol–water partition coefficient (Wildman–Crippen LogP) is 1.15. The van der Waals surface area contributed by atoms with Crippen LogP contribution in [0.3, 0.4) is 0 Å². The van der Waals surface area contributed by atoms with Crippen molar-refractivity contribution in [1.29, 1.82) is 0 Å².